The van der Waals surface area contributed by atoms with E-state index in [4.69, 9.17) is 5.73 Å². The Morgan fingerprint density at radius 3 is 2.95 bits per heavy atom. The SMILES string of the molecule is Nc1cc(NC(=O)CN2CCCC3CCCC32)ccc1F. The van der Waals surface area contributed by atoms with E-state index in [9.17, 15) is 9.18 Å². The van der Waals surface area contributed by atoms with E-state index in [0.717, 1.165) is 12.5 Å². The van der Waals surface area contributed by atoms with Crippen LogP contribution in [0, 0.1) is 11.7 Å². The Kier molecular flexibility index (Phi) is 4.10. The summed E-state index contributed by atoms with van der Waals surface area (Å²) in [7, 11) is 0. The monoisotopic (exact) mass is 291 g/mol. The number of nitrogens with two attached hydrogens (primary N) is 1. The number of fused-ring (bicyclic) bond motifs is 1. The normalized spacial score (nSPS) is 25.6. The molecule has 0 aromatic heterocycles. The molecule has 1 saturated heterocycles. The van der Waals surface area contributed by atoms with Crippen molar-refractivity contribution >= 4 is 17.3 Å². The molecule has 4 nitrogen and oxygen atoms in total. The van der Waals surface area contributed by atoms with E-state index in [1.807, 2.05) is 0 Å². The lowest BCUT2D eigenvalue weighted by Crippen LogP contribution is -2.46. The molecule has 3 rings (SSSR count). The van der Waals surface area contributed by atoms with Gasteiger partial charge in [-0.15, -0.1) is 0 Å². The van der Waals surface area contributed by atoms with Gasteiger partial charge in [-0.25, -0.2) is 4.39 Å². The van der Waals surface area contributed by atoms with Crippen molar-refractivity contribution in [1.29, 1.82) is 0 Å². The molecule has 3 N–H and O–H groups in total. The maximum absolute atomic E-state index is 13.1. The van der Waals surface area contributed by atoms with Crippen LogP contribution in [0.1, 0.15) is 32.1 Å². The molecule has 2 unspecified atom stereocenters. The Morgan fingerprint density at radius 2 is 2.14 bits per heavy atom. The molecule has 2 atom stereocenters. The average Bonchev–Trinajstić information content (AvgIpc) is 2.92. The number of nitrogens with one attached hydrogen (secondary N) is 1. The zero-order valence-corrected chi connectivity index (χ0v) is 12.1. The maximum atomic E-state index is 13.1. The van der Waals surface area contributed by atoms with Gasteiger partial charge in [-0.3, -0.25) is 9.69 Å². The third-order valence-electron chi connectivity index (χ3n) is 4.73. The van der Waals surface area contributed by atoms with Crippen LogP contribution in [0.2, 0.25) is 0 Å². The van der Waals surface area contributed by atoms with Gasteiger partial charge in [0, 0.05) is 11.7 Å². The number of benzene rings is 1. The first-order chi connectivity index (χ1) is 10.1. The van der Waals surface area contributed by atoms with Gasteiger partial charge in [-0.05, 0) is 56.3 Å². The summed E-state index contributed by atoms with van der Waals surface area (Å²) in [5, 5.41) is 2.81. The van der Waals surface area contributed by atoms with Crippen LogP contribution in [0.4, 0.5) is 15.8 Å². The van der Waals surface area contributed by atoms with Crippen LogP contribution >= 0.6 is 0 Å². The van der Waals surface area contributed by atoms with Crippen LogP contribution in [0.25, 0.3) is 0 Å². The number of likely N-dealkylation sites (tertiary alicyclic amines) is 1. The molecule has 1 aromatic rings. The van der Waals surface area contributed by atoms with Gasteiger partial charge >= 0.3 is 0 Å². The van der Waals surface area contributed by atoms with E-state index < -0.39 is 5.82 Å². The molecule has 0 spiro atoms. The number of piperidine rings is 1. The molecule has 1 amide bonds. The predicted octanol–water partition coefficient (Wildman–Crippen LogP) is 2.61. The van der Waals surface area contributed by atoms with E-state index in [1.165, 1.54) is 50.3 Å². The summed E-state index contributed by atoms with van der Waals surface area (Å²) >= 11 is 0. The van der Waals surface area contributed by atoms with Gasteiger partial charge in [-0.1, -0.05) is 6.42 Å². The topological polar surface area (TPSA) is 58.4 Å². The van der Waals surface area contributed by atoms with Crippen molar-refractivity contribution in [3.05, 3.63) is 24.0 Å². The fourth-order valence-electron chi connectivity index (χ4n) is 3.76. The number of nitrogens with zero attached hydrogens (tertiary/aromatic N) is 1. The Morgan fingerprint density at radius 1 is 1.33 bits per heavy atom. The van der Waals surface area contributed by atoms with E-state index in [0.29, 0.717) is 18.3 Å². The number of hydrogen-bond donors (Lipinski definition) is 2. The standard InChI is InChI=1S/C16H22FN3O/c17-13-7-6-12(9-14(13)18)19-16(21)10-20-8-2-4-11-3-1-5-15(11)20/h6-7,9,11,15H,1-5,8,10,18H2,(H,19,21). The van der Waals surface area contributed by atoms with Gasteiger partial charge in [0.25, 0.3) is 0 Å². The molecular formula is C16H22FN3O. The highest BCUT2D eigenvalue weighted by molar-refractivity contribution is 5.92. The second kappa shape index (κ2) is 6.02. The summed E-state index contributed by atoms with van der Waals surface area (Å²) in [5.74, 6) is 0.263. The predicted molar refractivity (Wildman–Crippen MR) is 81.4 cm³/mol. The molecule has 2 aliphatic rings. The Balaban J connectivity index is 1.59. The fourth-order valence-corrected chi connectivity index (χ4v) is 3.76. The number of nitrogen functional groups attached to an aromatic ring is 1. The average molecular weight is 291 g/mol. The summed E-state index contributed by atoms with van der Waals surface area (Å²) in [6.45, 7) is 1.42. The van der Waals surface area contributed by atoms with Crippen molar-refractivity contribution in [1.82, 2.24) is 4.90 Å². The van der Waals surface area contributed by atoms with Gasteiger partial charge in [-0.2, -0.15) is 0 Å². The number of rotatable bonds is 3. The summed E-state index contributed by atoms with van der Waals surface area (Å²) in [4.78, 5) is 14.5. The second-order valence-corrected chi connectivity index (χ2v) is 6.16. The highest BCUT2D eigenvalue weighted by atomic mass is 19.1. The zero-order valence-electron chi connectivity index (χ0n) is 12.1. The zero-order chi connectivity index (χ0) is 14.8. The first-order valence-corrected chi connectivity index (χ1v) is 7.72. The van der Waals surface area contributed by atoms with Crippen molar-refractivity contribution in [2.45, 2.75) is 38.1 Å². The van der Waals surface area contributed by atoms with Gasteiger partial charge in [0.1, 0.15) is 5.82 Å². The maximum Gasteiger partial charge on any atom is 0.238 e. The summed E-state index contributed by atoms with van der Waals surface area (Å²) in [6.07, 6.45) is 6.27. The third kappa shape index (κ3) is 3.18. The molecule has 21 heavy (non-hydrogen) atoms. The first kappa shape index (κ1) is 14.3. The molecule has 2 fully saturated rings. The van der Waals surface area contributed by atoms with Crippen LogP contribution in [0.3, 0.4) is 0 Å². The number of hydrogen-bond acceptors (Lipinski definition) is 3. The van der Waals surface area contributed by atoms with E-state index in [1.54, 1.807) is 0 Å². The van der Waals surface area contributed by atoms with Crippen LogP contribution in [0.5, 0.6) is 0 Å². The van der Waals surface area contributed by atoms with Gasteiger partial charge in [0.2, 0.25) is 5.91 Å². The molecule has 1 aromatic carbocycles. The molecule has 5 heteroatoms. The van der Waals surface area contributed by atoms with Crippen molar-refractivity contribution in [3.8, 4) is 0 Å². The van der Waals surface area contributed by atoms with Gasteiger partial charge in [0.05, 0.1) is 12.2 Å². The lowest BCUT2D eigenvalue weighted by Gasteiger charge is -2.37. The molecule has 1 aliphatic carbocycles. The smallest absolute Gasteiger partial charge is 0.238 e. The first-order valence-electron chi connectivity index (χ1n) is 7.72. The van der Waals surface area contributed by atoms with Crippen molar-refractivity contribution < 1.29 is 9.18 Å². The van der Waals surface area contributed by atoms with E-state index in [2.05, 4.69) is 10.2 Å². The molecular weight excluding hydrogens is 269 g/mol. The van der Waals surface area contributed by atoms with Gasteiger partial charge in [0.15, 0.2) is 0 Å². The van der Waals surface area contributed by atoms with Crippen LogP contribution in [-0.2, 0) is 4.79 Å². The summed E-state index contributed by atoms with van der Waals surface area (Å²) in [6, 6.07) is 4.85. The minimum Gasteiger partial charge on any atom is -0.396 e. The lowest BCUT2D eigenvalue weighted by molar-refractivity contribution is -0.118. The Bertz CT molecular complexity index is 534. The molecule has 0 bridgehead atoms. The second-order valence-electron chi connectivity index (χ2n) is 6.16. The van der Waals surface area contributed by atoms with E-state index in [-0.39, 0.29) is 11.6 Å². The Hall–Kier alpha value is -1.62. The quantitative estimate of drug-likeness (QED) is 0.842. The molecule has 0 radical (unpaired) electrons. The fraction of sp³-hybridized carbons (Fsp3) is 0.562. The molecule has 1 saturated carbocycles. The third-order valence-corrected chi connectivity index (χ3v) is 4.73. The molecule has 114 valence electrons. The van der Waals surface area contributed by atoms with Gasteiger partial charge < -0.3 is 11.1 Å². The lowest BCUT2D eigenvalue weighted by atomic mass is 9.92. The number of carbonyl (C=O) groups excluding carboxylic acids is 1. The summed E-state index contributed by atoms with van der Waals surface area (Å²) < 4.78 is 13.1. The van der Waals surface area contributed by atoms with Crippen LogP contribution in [-0.4, -0.2) is 29.9 Å². The van der Waals surface area contributed by atoms with Crippen LogP contribution in [0.15, 0.2) is 18.2 Å². The highest BCUT2D eigenvalue weighted by Crippen LogP contribution is 2.36. The Labute approximate surface area is 124 Å². The minimum atomic E-state index is -0.460. The minimum absolute atomic E-state index is 0.0476. The number of anilines is 2. The van der Waals surface area contributed by atoms with Crippen molar-refractivity contribution in [3.63, 3.8) is 0 Å². The number of amides is 1. The highest BCUT2D eigenvalue weighted by Gasteiger charge is 2.35. The van der Waals surface area contributed by atoms with E-state index >= 15 is 0 Å². The van der Waals surface area contributed by atoms with Crippen LogP contribution < -0.4 is 11.1 Å². The molecule has 1 aliphatic heterocycles. The number of carbonyl (C=O) groups is 1. The largest absolute Gasteiger partial charge is 0.396 e. The van der Waals surface area contributed by atoms with Crippen molar-refractivity contribution in [2.75, 3.05) is 24.1 Å². The molecule has 1 heterocycles. The number of halogens is 1. The summed E-state index contributed by atoms with van der Waals surface area (Å²) in [5.41, 5.74) is 6.13. The van der Waals surface area contributed by atoms with Crippen molar-refractivity contribution in [2.24, 2.45) is 5.92 Å².